The van der Waals surface area contributed by atoms with Gasteiger partial charge in [0.1, 0.15) is 5.82 Å². The van der Waals surface area contributed by atoms with Crippen molar-refractivity contribution in [2.24, 2.45) is 4.99 Å². The van der Waals surface area contributed by atoms with E-state index in [4.69, 9.17) is 4.84 Å². The van der Waals surface area contributed by atoms with Gasteiger partial charge in [0.25, 0.3) is 0 Å². The summed E-state index contributed by atoms with van der Waals surface area (Å²) in [4.78, 5) is 11.5. The lowest BCUT2D eigenvalue weighted by molar-refractivity contribution is 0.103. The quantitative estimate of drug-likeness (QED) is 0.187. The largest absolute Gasteiger partial charge is 0.363 e. The second-order valence-corrected chi connectivity index (χ2v) is 7.30. The van der Waals surface area contributed by atoms with E-state index in [0.29, 0.717) is 5.69 Å². The van der Waals surface area contributed by atoms with Gasteiger partial charge in [0.15, 0.2) is 22.7 Å². The number of aliphatic imine (C=N–C) groups is 1. The Labute approximate surface area is 164 Å². The van der Waals surface area contributed by atoms with Crippen molar-refractivity contribution in [3.8, 4) is 0 Å². The van der Waals surface area contributed by atoms with Crippen LogP contribution >= 0.6 is 15.9 Å². The summed E-state index contributed by atoms with van der Waals surface area (Å²) in [5.41, 5.74) is 2.36. The highest BCUT2D eigenvalue weighted by Gasteiger charge is 2.16. The Morgan fingerprint density at radius 2 is 2.26 bits per heavy atom. The lowest BCUT2D eigenvalue weighted by Crippen LogP contribution is -2.31. The molecule has 4 N–H and O–H groups in total. The average Bonchev–Trinajstić information content (AvgIpc) is 3.10. The Kier molecular flexibility index (Phi) is 8.21. The first-order valence-electron chi connectivity index (χ1n) is 7.39. The number of hydroxylamine groups is 1. The molecule has 0 amide bonds. The molecule has 0 aliphatic carbocycles. The van der Waals surface area contributed by atoms with Gasteiger partial charge in [-0.3, -0.25) is 15.5 Å². The van der Waals surface area contributed by atoms with E-state index >= 15 is 0 Å². The van der Waals surface area contributed by atoms with Gasteiger partial charge in [-0.25, -0.2) is 22.5 Å². The zero-order chi connectivity index (χ0) is 19.8. The lowest BCUT2D eigenvalue weighted by atomic mass is 10.3. The van der Waals surface area contributed by atoms with Crippen molar-refractivity contribution in [1.82, 2.24) is 25.0 Å². The third-order valence-corrected chi connectivity index (χ3v) is 4.45. The molecule has 2 rings (SSSR count). The van der Waals surface area contributed by atoms with Crippen LogP contribution in [0.25, 0.3) is 0 Å². The molecule has 27 heavy (non-hydrogen) atoms. The average molecular weight is 466 g/mol. The molecule has 0 saturated heterocycles. The number of halogens is 2. The molecular weight excluding hydrogens is 449 g/mol. The van der Waals surface area contributed by atoms with Gasteiger partial charge in [-0.05, 0) is 44.4 Å². The molecule has 2 aromatic rings. The normalized spacial score (nSPS) is 13.0. The molecule has 1 atom stereocenters. The van der Waals surface area contributed by atoms with Crippen molar-refractivity contribution in [2.75, 3.05) is 32.6 Å². The predicted octanol–water partition coefficient (Wildman–Crippen LogP) is 1.10. The third kappa shape index (κ3) is 6.30. The van der Waals surface area contributed by atoms with E-state index in [-0.39, 0.29) is 35.0 Å². The molecule has 1 aromatic heterocycles. The minimum atomic E-state index is -1.46. The van der Waals surface area contributed by atoms with E-state index < -0.39 is 17.0 Å². The molecule has 148 valence electrons. The topological polar surface area (TPSA) is 137 Å². The second kappa shape index (κ2) is 10.4. The molecule has 0 spiro atoms. The Bertz CT molecular complexity index is 820. The summed E-state index contributed by atoms with van der Waals surface area (Å²) in [5.74, 6) is -0.319. The molecule has 11 nitrogen and oxygen atoms in total. The van der Waals surface area contributed by atoms with Gasteiger partial charge in [-0.15, -0.1) is 4.89 Å². The maximum absolute atomic E-state index is 13.3. The second-order valence-electron chi connectivity index (χ2n) is 5.05. The van der Waals surface area contributed by atoms with E-state index in [1.54, 1.807) is 14.1 Å². The number of nitrogens with one attached hydrogen (secondary N) is 3. The van der Waals surface area contributed by atoms with Crippen molar-refractivity contribution in [2.45, 2.75) is 0 Å². The Balaban J connectivity index is 2.00. The summed E-state index contributed by atoms with van der Waals surface area (Å²) < 4.78 is 31.0. The Morgan fingerprint density at radius 1 is 1.48 bits per heavy atom. The number of nitrogens with zero attached hydrogens (tertiary/aromatic N) is 4. The number of hydrogen-bond acceptors (Lipinski definition) is 8. The van der Waals surface area contributed by atoms with E-state index in [0.717, 1.165) is 0 Å². The van der Waals surface area contributed by atoms with Crippen LogP contribution in [0.4, 0.5) is 15.9 Å². The summed E-state index contributed by atoms with van der Waals surface area (Å²) in [6.45, 7) is 0.412. The minimum Gasteiger partial charge on any atom is -0.363 e. The van der Waals surface area contributed by atoms with Crippen LogP contribution < -0.4 is 15.7 Å². The molecule has 0 aliphatic heterocycles. The van der Waals surface area contributed by atoms with Crippen LogP contribution in [0, 0.1) is 5.82 Å². The molecule has 1 unspecified atom stereocenters. The van der Waals surface area contributed by atoms with Gasteiger partial charge in [0, 0.05) is 20.6 Å². The molecule has 1 aromatic carbocycles. The number of hydrogen-bond donors (Lipinski definition) is 4. The number of benzene rings is 1. The first-order chi connectivity index (χ1) is 12.9. The van der Waals surface area contributed by atoms with Gasteiger partial charge in [-0.1, -0.05) is 0 Å². The molecule has 0 fully saturated rings. The van der Waals surface area contributed by atoms with Crippen LogP contribution in [0.5, 0.6) is 0 Å². The monoisotopic (exact) mass is 465 g/mol. The van der Waals surface area contributed by atoms with E-state index in [1.807, 2.05) is 5.48 Å². The standard InChI is InChI=1S/C13H17BrFN7O4S/c1-22(2)27(24)21-25-6-5-16-12-11(19-26-20-12)13(18-23)17-8-3-4-10(15)9(14)7-8/h3-4,7,21,23H,5-6H2,1-2H3,(H,16,20)(H,17,18). The maximum Gasteiger partial charge on any atom is 0.202 e. The molecule has 0 saturated carbocycles. The van der Waals surface area contributed by atoms with Crippen LogP contribution in [0.1, 0.15) is 5.69 Å². The van der Waals surface area contributed by atoms with E-state index in [2.05, 4.69) is 46.1 Å². The maximum atomic E-state index is 13.3. The smallest absolute Gasteiger partial charge is 0.202 e. The van der Waals surface area contributed by atoms with Crippen LogP contribution in [0.2, 0.25) is 0 Å². The summed E-state index contributed by atoms with van der Waals surface area (Å²) >= 11 is 1.60. The highest BCUT2D eigenvalue weighted by molar-refractivity contribution is 9.10. The highest BCUT2D eigenvalue weighted by atomic mass is 79.9. The molecule has 14 heteroatoms. The van der Waals surface area contributed by atoms with Crippen molar-refractivity contribution in [1.29, 1.82) is 0 Å². The van der Waals surface area contributed by atoms with Crippen LogP contribution in [-0.4, -0.2) is 57.1 Å². The fraction of sp³-hybridized carbons (Fsp3) is 0.308. The first-order valence-corrected chi connectivity index (χ1v) is 9.29. The zero-order valence-corrected chi connectivity index (χ0v) is 16.7. The van der Waals surface area contributed by atoms with Gasteiger partial charge in [0.2, 0.25) is 5.82 Å². The fourth-order valence-electron chi connectivity index (χ4n) is 1.66. The predicted molar refractivity (Wildman–Crippen MR) is 98.9 cm³/mol. The highest BCUT2D eigenvalue weighted by Crippen LogP contribution is 2.23. The lowest BCUT2D eigenvalue weighted by Gasteiger charge is -2.10. The first kappa shape index (κ1) is 21.3. The van der Waals surface area contributed by atoms with Crippen LogP contribution in [0.15, 0.2) is 32.3 Å². The van der Waals surface area contributed by atoms with Crippen molar-refractivity contribution >= 4 is 44.4 Å². The molecule has 1 heterocycles. The summed E-state index contributed by atoms with van der Waals surface area (Å²) in [6.07, 6.45) is 0. The molecule has 0 bridgehead atoms. The Hall–Kier alpha value is -1.97. The molecule has 0 radical (unpaired) electrons. The number of anilines is 1. The number of rotatable bonds is 9. The molecule has 0 aliphatic rings. The van der Waals surface area contributed by atoms with Crippen molar-refractivity contribution in [3.63, 3.8) is 0 Å². The van der Waals surface area contributed by atoms with Gasteiger partial charge >= 0.3 is 0 Å². The Morgan fingerprint density at radius 3 is 2.93 bits per heavy atom. The van der Waals surface area contributed by atoms with E-state index in [9.17, 15) is 13.8 Å². The van der Waals surface area contributed by atoms with Gasteiger partial charge < -0.3 is 5.32 Å². The number of aromatic nitrogens is 2. The summed E-state index contributed by atoms with van der Waals surface area (Å²) in [7, 11) is 3.25. The van der Waals surface area contributed by atoms with Gasteiger partial charge in [-0.2, -0.15) is 0 Å². The SMILES string of the molecule is CN(C)S(=O)NOCCNc1nonc1C(=Nc1ccc(F)c(Br)c1)NO. The van der Waals surface area contributed by atoms with Crippen molar-refractivity contribution < 1.29 is 23.3 Å². The number of amidine groups is 1. The molecular formula is C13H17BrFN7O4S. The van der Waals surface area contributed by atoms with E-state index in [1.165, 1.54) is 22.5 Å². The zero-order valence-electron chi connectivity index (χ0n) is 14.3. The minimum absolute atomic E-state index is 0.0648. The van der Waals surface area contributed by atoms with Gasteiger partial charge in [0.05, 0.1) is 16.8 Å². The van der Waals surface area contributed by atoms with Crippen LogP contribution in [0.3, 0.4) is 0 Å². The van der Waals surface area contributed by atoms with Crippen LogP contribution in [-0.2, 0) is 16.0 Å². The third-order valence-electron chi connectivity index (χ3n) is 2.92. The summed E-state index contributed by atoms with van der Waals surface area (Å²) in [5, 5.41) is 19.6. The summed E-state index contributed by atoms with van der Waals surface area (Å²) in [6, 6.07) is 4.07. The van der Waals surface area contributed by atoms with Crippen molar-refractivity contribution in [3.05, 3.63) is 34.2 Å². The fourth-order valence-corrected chi connectivity index (χ4v) is 2.36.